The number of benzene rings is 1. The number of hydrogen-bond donors (Lipinski definition) is 1. The average molecular weight is 243 g/mol. The molecule has 98 valence electrons. The fraction of sp³-hybridized carbons (Fsp3) is 0.412. The lowest BCUT2D eigenvalue weighted by Gasteiger charge is -2.34. The first-order valence-corrected chi connectivity index (χ1v) is 6.53. The molecule has 1 heteroatoms. The van der Waals surface area contributed by atoms with Crippen LogP contribution in [0.25, 0.3) is 0 Å². The van der Waals surface area contributed by atoms with Gasteiger partial charge in [0.15, 0.2) is 0 Å². The molecule has 0 saturated heterocycles. The van der Waals surface area contributed by atoms with E-state index in [9.17, 15) is 0 Å². The van der Waals surface area contributed by atoms with Crippen LogP contribution in [-0.4, -0.2) is 6.04 Å². The molecule has 1 nitrogen and oxygen atoms in total. The Labute approximate surface area is 112 Å². The lowest BCUT2D eigenvalue weighted by Crippen LogP contribution is -2.41. The van der Waals surface area contributed by atoms with Crippen molar-refractivity contribution in [2.75, 3.05) is 0 Å². The van der Waals surface area contributed by atoms with Gasteiger partial charge in [-0.15, -0.1) is 13.2 Å². The molecule has 0 spiro atoms. The Morgan fingerprint density at radius 2 is 1.78 bits per heavy atom. The van der Waals surface area contributed by atoms with Gasteiger partial charge in [0.1, 0.15) is 0 Å². The highest BCUT2D eigenvalue weighted by atomic mass is 15.0. The summed E-state index contributed by atoms with van der Waals surface area (Å²) in [5, 5.41) is 3.67. The van der Waals surface area contributed by atoms with Crippen LogP contribution in [0.4, 0.5) is 0 Å². The van der Waals surface area contributed by atoms with Gasteiger partial charge in [-0.3, -0.25) is 0 Å². The van der Waals surface area contributed by atoms with Crippen molar-refractivity contribution in [2.24, 2.45) is 5.41 Å². The molecule has 0 amide bonds. The van der Waals surface area contributed by atoms with E-state index < -0.39 is 0 Å². The molecule has 1 rings (SSSR count). The van der Waals surface area contributed by atoms with E-state index in [4.69, 9.17) is 0 Å². The average Bonchev–Trinajstić information content (AvgIpc) is 2.34. The molecule has 0 saturated carbocycles. The van der Waals surface area contributed by atoms with Crippen LogP contribution in [0.3, 0.4) is 0 Å². The van der Waals surface area contributed by atoms with Gasteiger partial charge in [-0.2, -0.15) is 0 Å². The summed E-state index contributed by atoms with van der Waals surface area (Å²) in [7, 11) is 0. The second kappa shape index (κ2) is 6.55. The minimum absolute atomic E-state index is 0.190. The smallest absolute Gasteiger partial charge is 0.0506 e. The molecular weight excluding hydrogens is 218 g/mol. The van der Waals surface area contributed by atoms with Crippen LogP contribution in [0, 0.1) is 5.41 Å². The molecule has 0 aromatic heterocycles. The lowest BCUT2D eigenvalue weighted by molar-refractivity contribution is 0.258. The number of hydrogen-bond acceptors (Lipinski definition) is 1. The van der Waals surface area contributed by atoms with E-state index in [0.717, 1.165) is 6.42 Å². The fourth-order valence-electron chi connectivity index (χ4n) is 2.02. The largest absolute Gasteiger partial charge is 0.303 e. The summed E-state index contributed by atoms with van der Waals surface area (Å²) in [4.78, 5) is 0. The molecule has 2 unspecified atom stereocenters. The topological polar surface area (TPSA) is 12.0 Å². The van der Waals surface area contributed by atoms with Crippen LogP contribution in [0.5, 0.6) is 0 Å². The van der Waals surface area contributed by atoms with Gasteiger partial charge in [-0.25, -0.2) is 0 Å². The minimum Gasteiger partial charge on any atom is -0.303 e. The van der Waals surface area contributed by atoms with E-state index in [2.05, 4.69) is 63.5 Å². The molecule has 0 aliphatic carbocycles. The van der Waals surface area contributed by atoms with Crippen LogP contribution in [0.1, 0.15) is 38.8 Å². The summed E-state index contributed by atoms with van der Waals surface area (Å²) in [5.74, 6) is 0. The summed E-state index contributed by atoms with van der Waals surface area (Å²) < 4.78 is 0. The summed E-state index contributed by atoms with van der Waals surface area (Å²) in [6.45, 7) is 14.5. The van der Waals surface area contributed by atoms with Gasteiger partial charge in [0.2, 0.25) is 0 Å². The molecule has 0 bridgehead atoms. The second-order valence-corrected chi connectivity index (χ2v) is 5.73. The standard InChI is InChI=1S/C17H25N/c1-6-11-16(17(3,4)5)18-15(7-2)14-12-9-8-10-13-14/h6-10,12-13,15-16,18H,1-2,11H2,3-5H3. The molecule has 0 heterocycles. The first-order chi connectivity index (χ1) is 8.49. The summed E-state index contributed by atoms with van der Waals surface area (Å²) in [6, 6.07) is 11.0. The summed E-state index contributed by atoms with van der Waals surface area (Å²) in [5.41, 5.74) is 1.45. The monoisotopic (exact) mass is 243 g/mol. The summed E-state index contributed by atoms with van der Waals surface area (Å²) in [6.07, 6.45) is 4.91. The number of nitrogens with one attached hydrogen (secondary N) is 1. The van der Waals surface area contributed by atoms with Crippen molar-refractivity contribution in [3.8, 4) is 0 Å². The zero-order valence-electron chi connectivity index (χ0n) is 11.8. The fourth-order valence-corrected chi connectivity index (χ4v) is 2.02. The molecule has 0 radical (unpaired) electrons. The van der Waals surface area contributed by atoms with Crippen molar-refractivity contribution in [1.29, 1.82) is 0 Å². The maximum absolute atomic E-state index is 3.94. The van der Waals surface area contributed by atoms with E-state index in [1.165, 1.54) is 5.56 Å². The van der Waals surface area contributed by atoms with Crippen molar-refractivity contribution in [2.45, 2.75) is 39.3 Å². The van der Waals surface area contributed by atoms with Crippen LogP contribution in [0.2, 0.25) is 0 Å². The predicted molar refractivity (Wildman–Crippen MR) is 80.6 cm³/mol. The van der Waals surface area contributed by atoms with Crippen LogP contribution < -0.4 is 5.32 Å². The quantitative estimate of drug-likeness (QED) is 0.726. The van der Waals surface area contributed by atoms with Gasteiger partial charge < -0.3 is 5.32 Å². The van der Waals surface area contributed by atoms with Gasteiger partial charge >= 0.3 is 0 Å². The second-order valence-electron chi connectivity index (χ2n) is 5.73. The zero-order chi connectivity index (χ0) is 13.6. The van der Waals surface area contributed by atoms with Gasteiger partial charge in [-0.1, -0.05) is 63.3 Å². The molecule has 0 aliphatic rings. The van der Waals surface area contributed by atoms with Crippen LogP contribution >= 0.6 is 0 Å². The molecule has 2 atom stereocenters. The Hall–Kier alpha value is -1.34. The van der Waals surface area contributed by atoms with Crippen molar-refractivity contribution in [1.82, 2.24) is 5.32 Å². The first kappa shape index (κ1) is 14.7. The van der Waals surface area contributed by atoms with Crippen LogP contribution in [-0.2, 0) is 0 Å². The van der Waals surface area contributed by atoms with Crippen molar-refractivity contribution in [3.05, 3.63) is 61.2 Å². The van der Waals surface area contributed by atoms with E-state index in [1.54, 1.807) is 0 Å². The predicted octanol–water partition coefficient (Wildman–Crippen LogP) is 4.49. The molecule has 0 fully saturated rings. The Balaban J connectivity index is 2.84. The Kier molecular flexibility index (Phi) is 5.36. The highest BCUT2D eigenvalue weighted by Crippen LogP contribution is 2.25. The van der Waals surface area contributed by atoms with E-state index in [-0.39, 0.29) is 11.5 Å². The Morgan fingerprint density at radius 1 is 1.17 bits per heavy atom. The maximum Gasteiger partial charge on any atom is 0.0506 e. The highest BCUT2D eigenvalue weighted by molar-refractivity contribution is 5.22. The molecule has 1 N–H and O–H groups in total. The van der Waals surface area contributed by atoms with Crippen molar-refractivity contribution >= 4 is 0 Å². The highest BCUT2D eigenvalue weighted by Gasteiger charge is 2.25. The van der Waals surface area contributed by atoms with E-state index in [0.29, 0.717) is 6.04 Å². The van der Waals surface area contributed by atoms with E-state index >= 15 is 0 Å². The molecule has 18 heavy (non-hydrogen) atoms. The lowest BCUT2D eigenvalue weighted by atomic mass is 9.84. The van der Waals surface area contributed by atoms with Gasteiger partial charge in [0.05, 0.1) is 6.04 Å². The van der Waals surface area contributed by atoms with Gasteiger partial charge in [0.25, 0.3) is 0 Å². The zero-order valence-corrected chi connectivity index (χ0v) is 11.8. The third-order valence-electron chi connectivity index (χ3n) is 3.22. The third-order valence-corrected chi connectivity index (χ3v) is 3.22. The van der Waals surface area contributed by atoms with Crippen molar-refractivity contribution in [3.63, 3.8) is 0 Å². The third kappa shape index (κ3) is 4.15. The number of rotatable bonds is 6. The van der Waals surface area contributed by atoms with Gasteiger partial charge in [-0.05, 0) is 17.4 Å². The normalized spacial score (nSPS) is 14.8. The minimum atomic E-state index is 0.190. The molecular formula is C17H25N. The van der Waals surface area contributed by atoms with Gasteiger partial charge in [0, 0.05) is 6.04 Å². The molecule has 0 aliphatic heterocycles. The Morgan fingerprint density at radius 3 is 2.22 bits per heavy atom. The van der Waals surface area contributed by atoms with E-state index in [1.807, 2.05) is 18.2 Å². The maximum atomic E-state index is 3.94. The van der Waals surface area contributed by atoms with Crippen molar-refractivity contribution < 1.29 is 0 Å². The SMILES string of the molecule is C=CCC(NC(C=C)c1ccccc1)C(C)(C)C. The Bertz CT molecular complexity index is 372. The summed E-state index contributed by atoms with van der Waals surface area (Å²) >= 11 is 0. The van der Waals surface area contributed by atoms with Crippen LogP contribution in [0.15, 0.2) is 55.6 Å². The molecule has 1 aromatic carbocycles. The molecule has 1 aromatic rings. The first-order valence-electron chi connectivity index (χ1n) is 6.53.